The Morgan fingerprint density at radius 3 is 2.79 bits per heavy atom. The van der Waals surface area contributed by atoms with Crippen molar-refractivity contribution >= 4 is 16.9 Å². The molecule has 0 aliphatic carbocycles. The number of para-hydroxylation sites is 1. The fourth-order valence-electron chi connectivity index (χ4n) is 2.47. The van der Waals surface area contributed by atoms with Gasteiger partial charge in [-0.2, -0.15) is 0 Å². The minimum atomic E-state index is -0.245. The van der Waals surface area contributed by atoms with Crippen molar-refractivity contribution in [2.45, 2.75) is 6.54 Å². The van der Waals surface area contributed by atoms with Crippen LogP contribution in [-0.2, 0) is 6.54 Å². The summed E-state index contributed by atoms with van der Waals surface area (Å²) in [5.41, 5.74) is 3.37. The van der Waals surface area contributed by atoms with Crippen LogP contribution in [0.25, 0.3) is 22.2 Å². The van der Waals surface area contributed by atoms with Gasteiger partial charge in [-0.05, 0) is 29.8 Å². The number of hydrogen-bond acceptors (Lipinski definition) is 4. The van der Waals surface area contributed by atoms with Gasteiger partial charge in [0.1, 0.15) is 5.58 Å². The molecule has 5 nitrogen and oxygen atoms in total. The molecule has 1 amide bonds. The largest absolute Gasteiger partial charge is 0.472 e. The fraction of sp³-hybridized carbons (Fsp3) is 0.0526. The van der Waals surface area contributed by atoms with Crippen LogP contribution >= 0.6 is 0 Å². The fourth-order valence-corrected chi connectivity index (χ4v) is 2.47. The van der Waals surface area contributed by atoms with Gasteiger partial charge in [0.25, 0.3) is 5.91 Å². The van der Waals surface area contributed by atoms with Crippen LogP contribution in [0.4, 0.5) is 0 Å². The first-order chi connectivity index (χ1) is 11.8. The summed E-state index contributed by atoms with van der Waals surface area (Å²) < 4.78 is 10.6. The van der Waals surface area contributed by atoms with Crippen LogP contribution in [0.5, 0.6) is 0 Å². The number of benzene rings is 1. The van der Waals surface area contributed by atoms with Gasteiger partial charge in [0.2, 0.25) is 0 Å². The molecule has 3 aromatic heterocycles. The minimum Gasteiger partial charge on any atom is -0.472 e. The number of rotatable bonds is 4. The van der Waals surface area contributed by atoms with Crippen LogP contribution in [0.3, 0.4) is 0 Å². The highest BCUT2D eigenvalue weighted by Gasteiger charge is 2.11. The van der Waals surface area contributed by atoms with E-state index < -0.39 is 0 Å². The molecular weight excluding hydrogens is 304 g/mol. The summed E-state index contributed by atoms with van der Waals surface area (Å²) in [7, 11) is 0. The smallest absolute Gasteiger partial charge is 0.287 e. The Morgan fingerprint density at radius 2 is 2.04 bits per heavy atom. The first kappa shape index (κ1) is 14.3. The maximum atomic E-state index is 12.2. The summed E-state index contributed by atoms with van der Waals surface area (Å²) in [4.78, 5) is 16.6. The predicted octanol–water partition coefficient (Wildman–Crippen LogP) is 4.02. The molecule has 1 aromatic carbocycles. The average Bonchev–Trinajstić information content (AvgIpc) is 3.29. The first-order valence-electron chi connectivity index (χ1n) is 7.54. The molecule has 0 saturated carbocycles. The minimum absolute atomic E-state index is 0.245. The van der Waals surface area contributed by atoms with Gasteiger partial charge >= 0.3 is 0 Å². The Morgan fingerprint density at radius 1 is 1.12 bits per heavy atom. The molecule has 5 heteroatoms. The van der Waals surface area contributed by atoms with Crippen molar-refractivity contribution in [2.75, 3.05) is 0 Å². The van der Waals surface area contributed by atoms with Crippen molar-refractivity contribution in [1.29, 1.82) is 0 Å². The highest BCUT2D eigenvalue weighted by molar-refractivity contribution is 5.96. The van der Waals surface area contributed by atoms with Crippen LogP contribution in [0.2, 0.25) is 0 Å². The van der Waals surface area contributed by atoms with Crippen LogP contribution < -0.4 is 5.32 Å². The van der Waals surface area contributed by atoms with Crippen molar-refractivity contribution in [3.8, 4) is 11.3 Å². The van der Waals surface area contributed by atoms with E-state index in [9.17, 15) is 4.79 Å². The molecule has 0 aliphatic rings. The van der Waals surface area contributed by atoms with E-state index in [2.05, 4.69) is 10.3 Å². The number of aromatic nitrogens is 1. The Hall–Kier alpha value is -3.34. The lowest BCUT2D eigenvalue weighted by Crippen LogP contribution is -2.22. The second-order valence-electron chi connectivity index (χ2n) is 5.39. The Kier molecular flexibility index (Phi) is 3.59. The van der Waals surface area contributed by atoms with Crippen LogP contribution in [0.1, 0.15) is 16.1 Å². The standard InChI is InChI=1S/C19H14N2O3/c22-19(18-9-14-3-1-2-4-17(14)24-18)21-11-13-5-6-16(20-10-13)15-7-8-23-12-15/h1-10,12H,11H2,(H,21,22). The highest BCUT2D eigenvalue weighted by atomic mass is 16.3. The summed E-state index contributed by atoms with van der Waals surface area (Å²) in [6.07, 6.45) is 4.99. The van der Waals surface area contributed by atoms with E-state index in [-0.39, 0.29) is 5.91 Å². The molecule has 0 radical (unpaired) electrons. The molecule has 0 spiro atoms. The van der Waals surface area contributed by atoms with Crippen molar-refractivity contribution < 1.29 is 13.6 Å². The lowest BCUT2D eigenvalue weighted by atomic mass is 10.2. The maximum Gasteiger partial charge on any atom is 0.287 e. The van der Waals surface area contributed by atoms with Gasteiger partial charge in [-0.15, -0.1) is 0 Å². The van der Waals surface area contributed by atoms with Crippen molar-refractivity contribution in [1.82, 2.24) is 10.3 Å². The summed E-state index contributed by atoms with van der Waals surface area (Å²) in [5, 5.41) is 3.75. The monoisotopic (exact) mass is 318 g/mol. The number of amides is 1. The lowest BCUT2D eigenvalue weighted by molar-refractivity contribution is 0.0925. The van der Waals surface area contributed by atoms with Crippen LogP contribution in [0.15, 0.2) is 76.1 Å². The van der Waals surface area contributed by atoms with E-state index in [1.54, 1.807) is 24.8 Å². The third-order valence-corrected chi connectivity index (χ3v) is 3.74. The molecule has 118 valence electrons. The molecular formula is C19H14N2O3. The normalized spacial score (nSPS) is 10.8. The number of nitrogens with one attached hydrogen (secondary N) is 1. The van der Waals surface area contributed by atoms with Crippen molar-refractivity contribution in [3.05, 3.63) is 78.6 Å². The lowest BCUT2D eigenvalue weighted by Gasteiger charge is -2.04. The van der Waals surface area contributed by atoms with Gasteiger partial charge < -0.3 is 14.2 Å². The van der Waals surface area contributed by atoms with E-state index in [4.69, 9.17) is 8.83 Å². The maximum absolute atomic E-state index is 12.2. The number of pyridine rings is 1. The van der Waals surface area contributed by atoms with Gasteiger partial charge in [0.05, 0.1) is 18.2 Å². The molecule has 0 atom stereocenters. The second kappa shape index (κ2) is 6.04. The molecule has 4 aromatic rings. The van der Waals surface area contributed by atoms with Crippen LogP contribution in [0, 0.1) is 0 Å². The number of carbonyl (C=O) groups excluding carboxylic acids is 1. The van der Waals surface area contributed by atoms with Gasteiger partial charge in [-0.3, -0.25) is 9.78 Å². The van der Waals surface area contributed by atoms with E-state index in [0.29, 0.717) is 17.9 Å². The second-order valence-corrected chi connectivity index (χ2v) is 5.39. The van der Waals surface area contributed by atoms with E-state index in [1.807, 2.05) is 42.5 Å². The SMILES string of the molecule is O=C(NCc1ccc(-c2ccoc2)nc1)c1cc2ccccc2o1. The van der Waals surface area contributed by atoms with E-state index in [1.165, 1.54) is 0 Å². The zero-order valence-corrected chi connectivity index (χ0v) is 12.7. The molecule has 0 fully saturated rings. The summed E-state index contributed by atoms with van der Waals surface area (Å²) >= 11 is 0. The zero-order valence-electron chi connectivity index (χ0n) is 12.7. The van der Waals surface area contributed by atoms with E-state index >= 15 is 0 Å². The van der Waals surface area contributed by atoms with Gasteiger partial charge in [0.15, 0.2) is 5.76 Å². The molecule has 0 unspecified atom stereocenters. The topological polar surface area (TPSA) is 68.3 Å². The number of carbonyl (C=O) groups is 1. The molecule has 4 rings (SSSR count). The number of fused-ring (bicyclic) bond motifs is 1. The number of nitrogens with zero attached hydrogens (tertiary/aromatic N) is 1. The third kappa shape index (κ3) is 2.79. The molecule has 0 bridgehead atoms. The Bertz CT molecular complexity index is 936. The Balaban J connectivity index is 1.43. The zero-order chi connectivity index (χ0) is 16.4. The quantitative estimate of drug-likeness (QED) is 0.617. The summed E-state index contributed by atoms with van der Waals surface area (Å²) in [6.45, 7) is 0.383. The van der Waals surface area contributed by atoms with Gasteiger partial charge in [-0.25, -0.2) is 0 Å². The van der Waals surface area contributed by atoms with Crippen molar-refractivity contribution in [3.63, 3.8) is 0 Å². The number of furan rings is 2. The molecule has 24 heavy (non-hydrogen) atoms. The summed E-state index contributed by atoms with van der Waals surface area (Å²) in [5.74, 6) is 0.0595. The summed E-state index contributed by atoms with van der Waals surface area (Å²) in [6, 6.07) is 14.9. The highest BCUT2D eigenvalue weighted by Crippen LogP contribution is 2.19. The molecule has 3 heterocycles. The van der Waals surface area contributed by atoms with Gasteiger partial charge in [0, 0.05) is 23.7 Å². The van der Waals surface area contributed by atoms with E-state index in [0.717, 1.165) is 22.2 Å². The average molecular weight is 318 g/mol. The van der Waals surface area contributed by atoms with Gasteiger partial charge in [-0.1, -0.05) is 24.3 Å². The Labute approximate surface area is 137 Å². The molecule has 1 N–H and O–H groups in total. The van der Waals surface area contributed by atoms with Crippen LogP contribution in [-0.4, -0.2) is 10.9 Å². The predicted molar refractivity (Wildman–Crippen MR) is 89.3 cm³/mol. The molecule has 0 aliphatic heterocycles. The number of hydrogen-bond donors (Lipinski definition) is 1. The first-order valence-corrected chi connectivity index (χ1v) is 7.54. The third-order valence-electron chi connectivity index (χ3n) is 3.74. The molecule has 0 saturated heterocycles. The van der Waals surface area contributed by atoms with Crippen molar-refractivity contribution in [2.24, 2.45) is 0 Å².